The fourth-order valence-corrected chi connectivity index (χ4v) is 1.97. The number of rotatable bonds is 6. The van der Waals surface area contributed by atoms with Crippen LogP contribution in [0, 0.1) is 11.3 Å². The number of nitrogens with zero attached hydrogens (tertiary/aromatic N) is 1. The van der Waals surface area contributed by atoms with Gasteiger partial charge in [0.1, 0.15) is 12.1 Å². The summed E-state index contributed by atoms with van der Waals surface area (Å²) in [7, 11) is 0. The number of para-hydroxylation sites is 1. The number of hydrogen-bond acceptors (Lipinski definition) is 4. The number of benzene rings is 1. The minimum atomic E-state index is -1.08. The lowest BCUT2D eigenvalue weighted by Crippen LogP contribution is -2.43. The summed E-state index contributed by atoms with van der Waals surface area (Å²) in [5.74, 6) is -0.450. The number of nitriles is 1. The van der Waals surface area contributed by atoms with Gasteiger partial charge in [0.25, 0.3) is 0 Å². The normalized spacial score (nSPS) is 11.2. The topological polar surface area (TPSA) is 102 Å². The molecule has 0 bridgehead atoms. The van der Waals surface area contributed by atoms with Crippen molar-refractivity contribution in [3.8, 4) is 6.07 Å². The summed E-state index contributed by atoms with van der Waals surface area (Å²) in [5.41, 5.74) is 0.667. The van der Waals surface area contributed by atoms with Gasteiger partial charge in [0.05, 0.1) is 11.3 Å². The third-order valence-corrected chi connectivity index (χ3v) is 3.15. The molecule has 0 aliphatic heterocycles. The molecule has 0 aliphatic carbocycles. The smallest absolute Gasteiger partial charge is 0.326 e. The lowest BCUT2D eigenvalue weighted by atomic mass is 10.2. The zero-order valence-corrected chi connectivity index (χ0v) is 11.7. The van der Waals surface area contributed by atoms with E-state index in [9.17, 15) is 9.59 Å². The maximum Gasteiger partial charge on any atom is 0.326 e. The number of carbonyl (C=O) groups excluding carboxylic acids is 1. The number of carbonyl (C=O) groups is 2. The van der Waals surface area contributed by atoms with Crippen molar-refractivity contribution in [2.45, 2.75) is 12.5 Å². The van der Waals surface area contributed by atoms with Crippen LogP contribution in [0.2, 0.25) is 0 Å². The van der Waals surface area contributed by atoms with Crippen molar-refractivity contribution in [3.05, 3.63) is 29.8 Å². The Morgan fingerprint density at radius 3 is 2.75 bits per heavy atom. The lowest BCUT2D eigenvalue weighted by molar-refractivity contribution is -0.139. The number of carboxylic acid groups (broad SMARTS) is 1. The zero-order chi connectivity index (χ0) is 15.0. The first kappa shape index (κ1) is 15.9. The highest BCUT2D eigenvalue weighted by molar-refractivity contribution is 7.98. The highest BCUT2D eigenvalue weighted by atomic mass is 32.2. The molecule has 7 heteroatoms. The van der Waals surface area contributed by atoms with Crippen molar-refractivity contribution in [2.24, 2.45) is 0 Å². The molecular formula is C13H15N3O3S. The van der Waals surface area contributed by atoms with Gasteiger partial charge in [-0.05, 0) is 30.6 Å². The van der Waals surface area contributed by atoms with E-state index in [1.165, 1.54) is 11.8 Å². The highest BCUT2D eigenvalue weighted by Crippen LogP contribution is 2.13. The molecule has 106 valence electrons. The fraction of sp³-hybridized carbons (Fsp3) is 0.308. The molecule has 0 radical (unpaired) electrons. The standard InChI is InChI=1S/C13H15N3O3S/c1-20-7-6-11(12(17)18)16-13(19)15-10-5-3-2-4-9(10)8-14/h2-5,11H,6-7H2,1H3,(H,17,18)(H2,15,16,19)/t11-/m1/s1. The van der Waals surface area contributed by atoms with E-state index in [2.05, 4.69) is 10.6 Å². The summed E-state index contributed by atoms with van der Waals surface area (Å²) >= 11 is 1.51. The maximum atomic E-state index is 11.8. The number of aliphatic carboxylic acids is 1. The van der Waals surface area contributed by atoms with Crippen LogP contribution < -0.4 is 10.6 Å². The highest BCUT2D eigenvalue weighted by Gasteiger charge is 2.19. The third kappa shape index (κ3) is 4.82. The number of nitrogens with one attached hydrogen (secondary N) is 2. The van der Waals surface area contributed by atoms with Crippen LogP contribution in [-0.2, 0) is 4.79 Å². The molecule has 0 aromatic heterocycles. The Labute approximate surface area is 121 Å². The van der Waals surface area contributed by atoms with Gasteiger partial charge < -0.3 is 15.7 Å². The first-order chi connectivity index (χ1) is 9.58. The fourth-order valence-electron chi connectivity index (χ4n) is 1.50. The molecule has 0 fully saturated rings. The number of hydrogen-bond donors (Lipinski definition) is 3. The van der Waals surface area contributed by atoms with E-state index in [1.54, 1.807) is 24.3 Å². The minimum absolute atomic E-state index is 0.318. The minimum Gasteiger partial charge on any atom is -0.480 e. The van der Waals surface area contributed by atoms with Crippen molar-refractivity contribution in [3.63, 3.8) is 0 Å². The van der Waals surface area contributed by atoms with Gasteiger partial charge in [-0.25, -0.2) is 9.59 Å². The predicted octanol–water partition coefficient (Wildman–Crippen LogP) is 1.89. The molecule has 1 rings (SSSR count). The predicted molar refractivity (Wildman–Crippen MR) is 77.7 cm³/mol. The number of carboxylic acids is 1. The molecule has 0 aliphatic rings. The van der Waals surface area contributed by atoms with E-state index in [0.717, 1.165) is 0 Å². The van der Waals surface area contributed by atoms with Crippen LogP contribution in [0.4, 0.5) is 10.5 Å². The molecule has 6 nitrogen and oxygen atoms in total. The second kappa shape index (κ2) is 8.07. The zero-order valence-electron chi connectivity index (χ0n) is 10.9. The number of amides is 2. The first-order valence-electron chi connectivity index (χ1n) is 5.87. The average Bonchev–Trinajstić information content (AvgIpc) is 2.43. The van der Waals surface area contributed by atoms with E-state index in [0.29, 0.717) is 23.4 Å². The Hall–Kier alpha value is -2.20. The van der Waals surface area contributed by atoms with Gasteiger partial charge in [0, 0.05) is 0 Å². The van der Waals surface area contributed by atoms with E-state index in [1.807, 2.05) is 12.3 Å². The second-order valence-electron chi connectivity index (χ2n) is 3.93. The number of anilines is 1. The SMILES string of the molecule is CSCC[C@@H](NC(=O)Nc1ccccc1C#N)C(=O)O. The lowest BCUT2D eigenvalue weighted by Gasteiger charge is -2.15. The Morgan fingerprint density at radius 1 is 1.45 bits per heavy atom. The molecule has 1 aromatic carbocycles. The molecule has 20 heavy (non-hydrogen) atoms. The molecule has 3 N–H and O–H groups in total. The van der Waals surface area contributed by atoms with Crippen LogP contribution >= 0.6 is 11.8 Å². The van der Waals surface area contributed by atoms with Gasteiger partial charge in [0.15, 0.2) is 0 Å². The Balaban J connectivity index is 2.66. The molecule has 1 atom stereocenters. The van der Waals surface area contributed by atoms with Crippen LogP contribution in [0.1, 0.15) is 12.0 Å². The van der Waals surface area contributed by atoms with Crippen LogP contribution in [0.15, 0.2) is 24.3 Å². The van der Waals surface area contributed by atoms with Gasteiger partial charge in [-0.3, -0.25) is 0 Å². The Bertz CT molecular complexity index is 528. The Morgan fingerprint density at radius 2 is 2.15 bits per heavy atom. The van der Waals surface area contributed by atoms with Gasteiger partial charge in [-0.1, -0.05) is 12.1 Å². The van der Waals surface area contributed by atoms with Crippen molar-refractivity contribution >= 4 is 29.4 Å². The summed E-state index contributed by atoms with van der Waals surface area (Å²) in [4.78, 5) is 22.8. The summed E-state index contributed by atoms with van der Waals surface area (Å²) < 4.78 is 0. The summed E-state index contributed by atoms with van der Waals surface area (Å²) in [6.07, 6.45) is 2.20. The summed E-state index contributed by atoms with van der Waals surface area (Å²) in [6, 6.07) is 6.87. The first-order valence-corrected chi connectivity index (χ1v) is 7.26. The largest absolute Gasteiger partial charge is 0.480 e. The number of thioether (sulfide) groups is 1. The van der Waals surface area contributed by atoms with Gasteiger partial charge in [-0.2, -0.15) is 17.0 Å². The number of urea groups is 1. The molecule has 2 amide bonds. The molecule has 0 saturated carbocycles. The van der Waals surface area contributed by atoms with Crippen LogP contribution in [0.5, 0.6) is 0 Å². The van der Waals surface area contributed by atoms with Crippen LogP contribution in [0.25, 0.3) is 0 Å². The van der Waals surface area contributed by atoms with Crippen molar-refractivity contribution in [1.82, 2.24) is 5.32 Å². The van der Waals surface area contributed by atoms with Crippen molar-refractivity contribution < 1.29 is 14.7 Å². The molecule has 0 unspecified atom stereocenters. The Kier molecular flexibility index (Phi) is 6.40. The van der Waals surface area contributed by atoms with E-state index >= 15 is 0 Å². The van der Waals surface area contributed by atoms with Gasteiger partial charge in [0.2, 0.25) is 0 Å². The summed E-state index contributed by atoms with van der Waals surface area (Å²) in [6.45, 7) is 0. The molecule has 0 saturated heterocycles. The molecule has 0 spiro atoms. The molecular weight excluding hydrogens is 278 g/mol. The quantitative estimate of drug-likeness (QED) is 0.743. The van der Waals surface area contributed by atoms with E-state index in [-0.39, 0.29) is 0 Å². The molecule has 0 heterocycles. The van der Waals surface area contributed by atoms with E-state index < -0.39 is 18.0 Å². The summed E-state index contributed by atoms with van der Waals surface area (Å²) in [5, 5.41) is 22.8. The van der Waals surface area contributed by atoms with Crippen LogP contribution in [0.3, 0.4) is 0 Å². The van der Waals surface area contributed by atoms with Crippen molar-refractivity contribution in [1.29, 1.82) is 5.26 Å². The average molecular weight is 293 g/mol. The monoisotopic (exact) mass is 293 g/mol. The molecule has 1 aromatic rings. The second-order valence-corrected chi connectivity index (χ2v) is 4.91. The van der Waals surface area contributed by atoms with Crippen LogP contribution in [-0.4, -0.2) is 35.2 Å². The maximum absolute atomic E-state index is 11.8. The van der Waals surface area contributed by atoms with Crippen molar-refractivity contribution in [2.75, 3.05) is 17.3 Å². The van der Waals surface area contributed by atoms with E-state index in [4.69, 9.17) is 10.4 Å². The van der Waals surface area contributed by atoms with Gasteiger partial charge in [-0.15, -0.1) is 0 Å². The third-order valence-electron chi connectivity index (χ3n) is 2.51. The van der Waals surface area contributed by atoms with Gasteiger partial charge >= 0.3 is 12.0 Å².